The molecule has 2 aromatic carbocycles. The first-order valence-electron chi connectivity index (χ1n) is 7.60. The lowest BCUT2D eigenvalue weighted by Crippen LogP contribution is -1.88. The number of rotatable bonds is 1. The minimum Gasteiger partial charge on any atom is -0.256 e. The summed E-state index contributed by atoms with van der Waals surface area (Å²) in [4.78, 5) is 4.53. The Morgan fingerprint density at radius 3 is 2.43 bits per heavy atom. The zero-order chi connectivity index (χ0) is 15.2. The molecule has 0 aliphatic heterocycles. The summed E-state index contributed by atoms with van der Waals surface area (Å²) in [6, 6.07) is 22.9. The van der Waals surface area contributed by atoms with Gasteiger partial charge in [0.25, 0.3) is 0 Å². The summed E-state index contributed by atoms with van der Waals surface area (Å²) >= 11 is 0. The molecule has 0 bridgehead atoms. The number of nitrogens with zero attached hydrogens (tertiary/aromatic N) is 3. The van der Waals surface area contributed by atoms with E-state index in [2.05, 4.69) is 53.6 Å². The molecule has 3 aromatic heterocycles. The number of aromatic nitrogens is 3. The lowest BCUT2D eigenvalue weighted by atomic mass is 10.1. The smallest absolute Gasteiger partial charge is 0.0949 e. The monoisotopic (exact) mass is 295 g/mol. The van der Waals surface area contributed by atoms with Gasteiger partial charge in [-0.2, -0.15) is 5.10 Å². The molecule has 0 unspecified atom stereocenters. The Balaban J connectivity index is 1.73. The van der Waals surface area contributed by atoms with Crippen LogP contribution in [0.4, 0.5) is 0 Å². The molecule has 0 saturated carbocycles. The maximum Gasteiger partial charge on any atom is 0.0949 e. The average molecular weight is 295 g/mol. The molecule has 5 rings (SSSR count). The molecule has 0 N–H and O–H groups in total. The van der Waals surface area contributed by atoms with Crippen LogP contribution in [0, 0.1) is 0 Å². The highest BCUT2D eigenvalue weighted by atomic mass is 15.2. The molecule has 0 fully saturated rings. The third-order valence-electron chi connectivity index (χ3n) is 4.21. The van der Waals surface area contributed by atoms with Crippen LogP contribution in [0.5, 0.6) is 0 Å². The van der Waals surface area contributed by atoms with Gasteiger partial charge in [0.15, 0.2) is 0 Å². The van der Waals surface area contributed by atoms with Gasteiger partial charge in [-0.3, -0.25) is 4.98 Å². The van der Waals surface area contributed by atoms with Gasteiger partial charge in [-0.1, -0.05) is 42.5 Å². The Morgan fingerprint density at radius 1 is 0.739 bits per heavy atom. The summed E-state index contributed by atoms with van der Waals surface area (Å²) in [5.41, 5.74) is 4.08. The average Bonchev–Trinajstić information content (AvgIpc) is 3.02. The number of para-hydroxylation sites is 1. The van der Waals surface area contributed by atoms with Crippen molar-refractivity contribution < 1.29 is 0 Å². The van der Waals surface area contributed by atoms with Crippen molar-refractivity contribution in [3.8, 4) is 11.3 Å². The van der Waals surface area contributed by atoms with E-state index in [1.54, 1.807) is 0 Å². The second-order valence-corrected chi connectivity index (χ2v) is 5.72. The van der Waals surface area contributed by atoms with E-state index in [0.29, 0.717) is 0 Å². The fourth-order valence-electron chi connectivity index (χ4n) is 3.02. The van der Waals surface area contributed by atoms with E-state index < -0.39 is 0 Å². The van der Waals surface area contributed by atoms with E-state index in [-0.39, 0.29) is 0 Å². The largest absolute Gasteiger partial charge is 0.256 e. The van der Waals surface area contributed by atoms with Crippen LogP contribution in [0.25, 0.3) is 38.4 Å². The zero-order valence-electron chi connectivity index (χ0n) is 12.3. The first-order chi connectivity index (χ1) is 11.4. The molecule has 0 radical (unpaired) electrons. The van der Waals surface area contributed by atoms with Crippen LogP contribution in [0.15, 0.2) is 79.1 Å². The fraction of sp³-hybridized carbons (Fsp3) is 0. The summed E-state index contributed by atoms with van der Waals surface area (Å²) in [7, 11) is 0. The second-order valence-electron chi connectivity index (χ2n) is 5.72. The Hall–Kier alpha value is -3.20. The molecule has 0 aliphatic carbocycles. The number of hydrogen-bond acceptors (Lipinski definition) is 2. The van der Waals surface area contributed by atoms with E-state index in [1.807, 2.05) is 35.0 Å². The highest BCUT2D eigenvalue weighted by Gasteiger charge is 2.07. The Labute approximate surface area is 132 Å². The standard InChI is InChI=1S/C20H13N3/c1-2-7-16-13-23-18(10-14(16)5-1)11-20(22-23)17-9-15-6-3-4-8-19(15)21-12-17/h1-13H. The van der Waals surface area contributed by atoms with Gasteiger partial charge >= 0.3 is 0 Å². The van der Waals surface area contributed by atoms with Gasteiger partial charge in [-0.25, -0.2) is 4.52 Å². The van der Waals surface area contributed by atoms with Gasteiger partial charge in [-0.05, 0) is 29.7 Å². The van der Waals surface area contributed by atoms with Crippen LogP contribution < -0.4 is 0 Å². The minimum absolute atomic E-state index is 0.943. The number of fused-ring (bicyclic) bond motifs is 3. The van der Waals surface area contributed by atoms with Gasteiger partial charge in [0.05, 0.1) is 16.7 Å². The molecule has 0 aliphatic rings. The topological polar surface area (TPSA) is 30.2 Å². The molecular weight excluding hydrogens is 282 g/mol. The van der Waals surface area contributed by atoms with Gasteiger partial charge < -0.3 is 0 Å². The maximum atomic E-state index is 4.72. The third-order valence-corrected chi connectivity index (χ3v) is 4.21. The van der Waals surface area contributed by atoms with Crippen LogP contribution in [-0.2, 0) is 0 Å². The van der Waals surface area contributed by atoms with Crippen LogP contribution in [0.2, 0.25) is 0 Å². The number of hydrogen-bond donors (Lipinski definition) is 0. The van der Waals surface area contributed by atoms with E-state index in [0.717, 1.165) is 27.7 Å². The van der Waals surface area contributed by atoms with Crippen molar-refractivity contribution in [2.75, 3.05) is 0 Å². The predicted octanol–water partition coefficient (Wildman–Crippen LogP) is 4.70. The van der Waals surface area contributed by atoms with Gasteiger partial charge in [-0.15, -0.1) is 0 Å². The molecular formula is C20H13N3. The Morgan fingerprint density at radius 2 is 1.52 bits per heavy atom. The summed E-state index contributed by atoms with van der Waals surface area (Å²) in [5.74, 6) is 0. The molecule has 3 heterocycles. The molecule has 0 atom stereocenters. The second kappa shape index (κ2) is 4.65. The molecule has 3 nitrogen and oxygen atoms in total. The lowest BCUT2D eigenvalue weighted by molar-refractivity contribution is 0.974. The molecule has 23 heavy (non-hydrogen) atoms. The maximum absolute atomic E-state index is 4.72. The molecule has 108 valence electrons. The van der Waals surface area contributed by atoms with Gasteiger partial charge in [0, 0.05) is 28.7 Å². The Bertz CT molecular complexity index is 1120. The zero-order valence-corrected chi connectivity index (χ0v) is 12.3. The van der Waals surface area contributed by atoms with Crippen molar-refractivity contribution >= 4 is 27.2 Å². The van der Waals surface area contributed by atoms with Gasteiger partial charge in [0.1, 0.15) is 0 Å². The van der Waals surface area contributed by atoms with Crippen LogP contribution in [-0.4, -0.2) is 14.6 Å². The molecule has 0 saturated heterocycles. The highest BCUT2D eigenvalue weighted by molar-refractivity contribution is 5.87. The number of pyridine rings is 2. The van der Waals surface area contributed by atoms with E-state index in [9.17, 15) is 0 Å². The van der Waals surface area contributed by atoms with Crippen LogP contribution in [0.1, 0.15) is 0 Å². The normalized spacial score (nSPS) is 11.5. The molecule has 0 spiro atoms. The van der Waals surface area contributed by atoms with Crippen molar-refractivity contribution in [3.63, 3.8) is 0 Å². The summed E-state index contributed by atoms with van der Waals surface area (Å²) in [6.45, 7) is 0. The Kier molecular flexibility index (Phi) is 2.50. The summed E-state index contributed by atoms with van der Waals surface area (Å²) in [5, 5.41) is 8.26. The minimum atomic E-state index is 0.943. The molecule has 5 aromatic rings. The van der Waals surface area contributed by atoms with E-state index in [4.69, 9.17) is 5.10 Å². The van der Waals surface area contributed by atoms with E-state index in [1.165, 1.54) is 10.8 Å². The summed E-state index contributed by atoms with van der Waals surface area (Å²) in [6.07, 6.45) is 3.96. The predicted molar refractivity (Wildman–Crippen MR) is 93.4 cm³/mol. The first kappa shape index (κ1) is 12.4. The van der Waals surface area contributed by atoms with Crippen molar-refractivity contribution in [3.05, 3.63) is 79.1 Å². The third kappa shape index (κ3) is 1.98. The van der Waals surface area contributed by atoms with Crippen LogP contribution in [0.3, 0.4) is 0 Å². The van der Waals surface area contributed by atoms with Crippen LogP contribution >= 0.6 is 0 Å². The van der Waals surface area contributed by atoms with Crippen molar-refractivity contribution in [2.24, 2.45) is 0 Å². The first-order valence-corrected chi connectivity index (χ1v) is 7.60. The fourth-order valence-corrected chi connectivity index (χ4v) is 3.02. The lowest BCUT2D eigenvalue weighted by Gasteiger charge is -1.99. The van der Waals surface area contributed by atoms with Crippen molar-refractivity contribution in [2.45, 2.75) is 0 Å². The quantitative estimate of drug-likeness (QED) is 0.448. The molecule has 3 heteroatoms. The highest BCUT2D eigenvalue weighted by Crippen LogP contribution is 2.24. The molecule has 0 amide bonds. The van der Waals surface area contributed by atoms with Crippen molar-refractivity contribution in [1.29, 1.82) is 0 Å². The van der Waals surface area contributed by atoms with Gasteiger partial charge in [0.2, 0.25) is 0 Å². The summed E-state index contributed by atoms with van der Waals surface area (Å²) < 4.78 is 1.94. The van der Waals surface area contributed by atoms with E-state index >= 15 is 0 Å². The van der Waals surface area contributed by atoms with Crippen molar-refractivity contribution in [1.82, 2.24) is 14.6 Å². The SMILES string of the molecule is c1ccc2cn3nc(-c4cnc5ccccc5c4)cc3cc2c1. The number of benzene rings is 2.